The zero-order valence-corrected chi connectivity index (χ0v) is 9.35. The van der Waals surface area contributed by atoms with Gasteiger partial charge in [0.1, 0.15) is 5.82 Å². The van der Waals surface area contributed by atoms with Gasteiger partial charge in [-0.25, -0.2) is 4.39 Å². The second-order valence-corrected chi connectivity index (χ2v) is 3.56. The number of ether oxygens (including phenoxy) is 1. The van der Waals surface area contributed by atoms with Gasteiger partial charge in [-0.15, -0.1) is 0 Å². The Morgan fingerprint density at radius 3 is 2.87 bits per heavy atom. The fourth-order valence-electron chi connectivity index (χ4n) is 1.43. The van der Waals surface area contributed by atoms with Gasteiger partial charge in [0, 0.05) is 13.7 Å². The fraction of sp³-hybridized carbons (Fsp3) is 0.500. The van der Waals surface area contributed by atoms with Gasteiger partial charge in [0.15, 0.2) is 0 Å². The third-order valence-corrected chi connectivity index (χ3v) is 2.37. The van der Waals surface area contributed by atoms with E-state index in [4.69, 9.17) is 4.74 Å². The molecule has 0 unspecified atom stereocenters. The number of methoxy groups -OCH3 is 1. The molecule has 0 amide bonds. The highest BCUT2D eigenvalue weighted by molar-refractivity contribution is 5.26. The Morgan fingerprint density at radius 1 is 1.33 bits per heavy atom. The van der Waals surface area contributed by atoms with Crippen molar-refractivity contribution in [3.8, 4) is 0 Å². The number of hydrogen-bond acceptors (Lipinski definition) is 2. The lowest BCUT2D eigenvalue weighted by atomic mass is 10.1. The molecule has 0 fully saturated rings. The molecule has 1 aromatic carbocycles. The lowest BCUT2D eigenvalue weighted by molar-refractivity contribution is 0.199. The maximum atomic E-state index is 12.9. The quantitative estimate of drug-likeness (QED) is 0.726. The first-order valence-corrected chi connectivity index (χ1v) is 5.18. The SMILES string of the molecule is COCCNCCc1cc(F)ccc1C. The standard InChI is InChI=1S/C12H18FNO/c1-10-3-4-12(13)9-11(10)5-6-14-7-8-15-2/h3-4,9,14H,5-8H2,1-2H3. The first-order chi connectivity index (χ1) is 7.24. The van der Waals surface area contributed by atoms with E-state index >= 15 is 0 Å². The van der Waals surface area contributed by atoms with E-state index in [1.54, 1.807) is 13.2 Å². The van der Waals surface area contributed by atoms with Crippen LogP contribution in [-0.2, 0) is 11.2 Å². The molecule has 0 radical (unpaired) electrons. The molecule has 3 heteroatoms. The van der Waals surface area contributed by atoms with E-state index in [9.17, 15) is 4.39 Å². The minimum Gasteiger partial charge on any atom is -0.383 e. The van der Waals surface area contributed by atoms with Crippen LogP contribution in [0.5, 0.6) is 0 Å². The Labute approximate surface area is 90.4 Å². The average molecular weight is 211 g/mol. The molecule has 0 heterocycles. The Kier molecular flexibility index (Phi) is 5.29. The van der Waals surface area contributed by atoms with E-state index in [1.807, 2.05) is 13.0 Å². The van der Waals surface area contributed by atoms with Crippen LogP contribution in [0, 0.1) is 12.7 Å². The van der Waals surface area contributed by atoms with Crippen molar-refractivity contribution in [2.24, 2.45) is 0 Å². The first-order valence-electron chi connectivity index (χ1n) is 5.18. The van der Waals surface area contributed by atoms with Crippen LogP contribution in [0.3, 0.4) is 0 Å². The monoisotopic (exact) mass is 211 g/mol. The smallest absolute Gasteiger partial charge is 0.123 e. The summed E-state index contributed by atoms with van der Waals surface area (Å²) in [5, 5.41) is 3.23. The lowest BCUT2D eigenvalue weighted by Crippen LogP contribution is -2.21. The molecular weight excluding hydrogens is 193 g/mol. The summed E-state index contributed by atoms with van der Waals surface area (Å²) in [5.41, 5.74) is 2.21. The molecule has 2 nitrogen and oxygen atoms in total. The number of nitrogens with one attached hydrogen (secondary N) is 1. The third-order valence-electron chi connectivity index (χ3n) is 2.37. The highest BCUT2D eigenvalue weighted by Crippen LogP contribution is 2.10. The van der Waals surface area contributed by atoms with Gasteiger partial charge in [-0.2, -0.15) is 0 Å². The molecule has 1 rings (SSSR count). The van der Waals surface area contributed by atoms with Crippen LogP contribution in [0.25, 0.3) is 0 Å². The first kappa shape index (κ1) is 12.1. The summed E-state index contributed by atoms with van der Waals surface area (Å²) in [5.74, 6) is -0.160. The van der Waals surface area contributed by atoms with Gasteiger partial charge in [-0.1, -0.05) is 6.07 Å². The van der Waals surface area contributed by atoms with Gasteiger partial charge >= 0.3 is 0 Å². The summed E-state index contributed by atoms with van der Waals surface area (Å²) < 4.78 is 17.9. The molecule has 1 N–H and O–H groups in total. The molecule has 1 aromatic rings. The predicted molar refractivity (Wildman–Crippen MR) is 59.6 cm³/mol. The number of aryl methyl sites for hydroxylation is 1. The third kappa shape index (κ3) is 4.40. The summed E-state index contributed by atoms with van der Waals surface area (Å²) in [6.45, 7) is 4.41. The maximum Gasteiger partial charge on any atom is 0.123 e. The minimum atomic E-state index is -0.160. The van der Waals surface area contributed by atoms with Gasteiger partial charge in [0.2, 0.25) is 0 Å². The van der Waals surface area contributed by atoms with Crippen molar-refractivity contribution in [1.29, 1.82) is 0 Å². The van der Waals surface area contributed by atoms with Gasteiger partial charge in [0.05, 0.1) is 6.61 Å². The van der Waals surface area contributed by atoms with E-state index in [-0.39, 0.29) is 5.82 Å². The van der Waals surface area contributed by atoms with E-state index in [0.29, 0.717) is 6.61 Å². The largest absolute Gasteiger partial charge is 0.383 e. The average Bonchev–Trinajstić information content (AvgIpc) is 2.23. The van der Waals surface area contributed by atoms with Crippen molar-refractivity contribution in [2.75, 3.05) is 26.8 Å². The normalized spacial score (nSPS) is 10.6. The van der Waals surface area contributed by atoms with Crippen molar-refractivity contribution < 1.29 is 9.13 Å². The van der Waals surface area contributed by atoms with E-state index in [2.05, 4.69) is 5.32 Å². The van der Waals surface area contributed by atoms with Crippen LogP contribution in [0.4, 0.5) is 4.39 Å². The second-order valence-electron chi connectivity index (χ2n) is 3.56. The van der Waals surface area contributed by atoms with Gasteiger partial charge < -0.3 is 10.1 Å². The van der Waals surface area contributed by atoms with E-state index in [0.717, 1.165) is 30.6 Å². The molecule has 0 bridgehead atoms. The summed E-state index contributed by atoms with van der Waals surface area (Å²) in [7, 11) is 1.68. The minimum absolute atomic E-state index is 0.160. The highest BCUT2D eigenvalue weighted by Gasteiger charge is 1.99. The van der Waals surface area contributed by atoms with Crippen molar-refractivity contribution >= 4 is 0 Å². The molecule has 0 atom stereocenters. The zero-order valence-electron chi connectivity index (χ0n) is 9.35. The van der Waals surface area contributed by atoms with Crippen LogP contribution in [0.1, 0.15) is 11.1 Å². The van der Waals surface area contributed by atoms with Crippen molar-refractivity contribution in [3.63, 3.8) is 0 Å². The zero-order chi connectivity index (χ0) is 11.1. The Bertz CT molecular complexity index is 302. The van der Waals surface area contributed by atoms with Crippen LogP contribution >= 0.6 is 0 Å². The molecular formula is C12H18FNO. The number of rotatable bonds is 6. The van der Waals surface area contributed by atoms with Crippen molar-refractivity contribution in [2.45, 2.75) is 13.3 Å². The fourth-order valence-corrected chi connectivity index (χ4v) is 1.43. The molecule has 84 valence electrons. The van der Waals surface area contributed by atoms with Gasteiger partial charge in [-0.3, -0.25) is 0 Å². The molecule has 0 saturated carbocycles. The summed E-state index contributed by atoms with van der Waals surface area (Å²) in [6, 6.07) is 4.92. The maximum absolute atomic E-state index is 12.9. The van der Waals surface area contributed by atoms with E-state index < -0.39 is 0 Å². The number of hydrogen-bond donors (Lipinski definition) is 1. The molecule has 0 aliphatic rings. The van der Waals surface area contributed by atoms with Crippen LogP contribution in [0.2, 0.25) is 0 Å². The van der Waals surface area contributed by atoms with Gasteiger partial charge in [-0.05, 0) is 43.1 Å². The summed E-state index contributed by atoms with van der Waals surface area (Å²) >= 11 is 0. The van der Waals surface area contributed by atoms with E-state index in [1.165, 1.54) is 6.07 Å². The molecule has 0 saturated heterocycles. The number of halogens is 1. The molecule has 0 spiro atoms. The number of benzene rings is 1. The highest BCUT2D eigenvalue weighted by atomic mass is 19.1. The Morgan fingerprint density at radius 2 is 2.13 bits per heavy atom. The second kappa shape index (κ2) is 6.53. The summed E-state index contributed by atoms with van der Waals surface area (Å²) in [6.07, 6.45) is 0.854. The lowest BCUT2D eigenvalue weighted by Gasteiger charge is -2.07. The van der Waals surface area contributed by atoms with Gasteiger partial charge in [0.25, 0.3) is 0 Å². The molecule has 0 aliphatic heterocycles. The molecule has 0 aliphatic carbocycles. The van der Waals surface area contributed by atoms with Crippen LogP contribution in [0.15, 0.2) is 18.2 Å². The summed E-state index contributed by atoms with van der Waals surface area (Å²) in [4.78, 5) is 0. The molecule has 15 heavy (non-hydrogen) atoms. The Hall–Kier alpha value is -0.930. The topological polar surface area (TPSA) is 21.3 Å². The molecule has 0 aromatic heterocycles. The van der Waals surface area contributed by atoms with Crippen LogP contribution in [-0.4, -0.2) is 26.8 Å². The Balaban J connectivity index is 2.33. The van der Waals surface area contributed by atoms with Crippen molar-refractivity contribution in [1.82, 2.24) is 5.32 Å². The predicted octanol–water partition coefficient (Wildman–Crippen LogP) is 1.91. The van der Waals surface area contributed by atoms with Crippen molar-refractivity contribution in [3.05, 3.63) is 35.1 Å². The van der Waals surface area contributed by atoms with Crippen LogP contribution < -0.4 is 5.32 Å².